The standard InChI is InChI=1S/C22H33N3O3S/c1-17(2)10-6-4-5-9-14-25-21(27)18-11-7-8-12-19(18)24-22(25)29-16-20(26)23-13-15-28-3/h7-8,11-12,17H,4-6,9-10,13-16H2,1-3H3,(H,23,26). The third kappa shape index (κ3) is 7.82. The van der Waals surface area contributed by atoms with E-state index in [4.69, 9.17) is 4.74 Å². The Morgan fingerprint density at radius 3 is 2.72 bits per heavy atom. The first kappa shape index (κ1) is 23.4. The lowest BCUT2D eigenvalue weighted by Gasteiger charge is -2.13. The molecule has 0 aliphatic rings. The molecule has 0 saturated carbocycles. The van der Waals surface area contributed by atoms with Gasteiger partial charge in [0, 0.05) is 20.2 Å². The highest BCUT2D eigenvalue weighted by Crippen LogP contribution is 2.19. The predicted octanol–water partition coefficient (Wildman–Crippen LogP) is 3.86. The number of carbonyl (C=O) groups excluding carboxylic acids is 1. The van der Waals surface area contributed by atoms with Crippen LogP contribution in [0.1, 0.15) is 46.0 Å². The molecule has 160 valence electrons. The predicted molar refractivity (Wildman–Crippen MR) is 120 cm³/mol. The molecular formula is C22H33N3O3S. The minimum atomic E-state index is -0.0882. The highest BCUT2D eigenvalue weighted by Gasteiger charge is 2.13. The third-order valence-corrected chi connectivity index (χ3v) is 5.68. The first-order valence-electron chi connectivity index (χ1n) is 10.4. The molecule has 1 aromatic heterocycles. The summed E-state index contributed by atoms with van der Waals surface area (Å²) in [5, 5.41) is 4.04. The lowest BCUT2D eigenvalue weighted by atomic mass is 10.0. The van der Waals surface area contributed by atoms with E-state index in [0.29, 0.717) is 35.8 Å². The van der Waals surface area contributed by atoms with Crippen molar-refractivity contribution in [1.82, 2.24) is 14.9 Å². The van der Waals surface area contributed by atoms with Crippen LogP contribution < -0.4 is 10.9 Å². The van der Waals surface area contributed by atoms with Gasteiger partial charge in [0.2, 0.25) is 5.91 Å². The van der Waals surface area contributed by atoms with Gasteiger partial charge in [0.05, 0.1) is 23.3 Å². The Kier molecular flexibility index (Phi) is 10.2. The first-order valence-corrected chi connectivity index (χ1v) is 11.4. The highest BCUT2D eigenvalue weighted by molar-refractivity contribution is 7.99. The maximum absolute atomic E-state index is 13.0. The quantitative estimate of drug-likeness (QED) is 0.303. The summed E-state index contributed by atoms with van der Waals surface area (Å²) in [6, 6.07) is 7.39. The Morgan fingerprint density at radius 1 is 1.21 bits per heavy atom. The second-order valence-corrected chi connectivity index (χ2v) is 8.54. The van der Waals surface area contributed by atoms with E-state index in [9.17, 15) is 9.59 Å². The number of thioether (sulfide) groups is 1. The Balaban J connectivity index is 2.05. The zero-order valence-corrected chi connectivity index (χ0v) is 18.6. The molecule has 0 radical (unpaired) electrons. The number of ether oxygens (including phenoxy) is 1. The number of aromatic nitrogens is 2. The number of methoxy groups -OCH3 is 1. The molecule has 0 aliphatic heterocycles. The smallest absolute Gasteiger partial charge is 0.262 e. The van der Waals surface area contributed by atoms with Gasteiger partial charge in [-0.15, -0.1) is 0 Å². The minimum absolute atomic E-state index is 0.0277. The van der Waals surface area contributed by atoms with Crippen LogP contribution in [0.2, 0.25) is 0 Å². The number of unbranched alkanes of at least 4 members (excludes halogenated alkanes) is 3. The van der Waals surface area contributed by atoms with Gasteiger partial charge in [0.25, 0.3) is 5.56 Å². The van der Waals surface area contributed by atoms with Crippen molar-refractivity contribution >= 4 is 28.6 Å². The summed E-state index contributed by atoms with van der Waals surface area (Å²) >= 11 is 1.31. The number of benzene rings is 1. The van der Waals surface area contributed by atoms with Gasteiger partial charge in [-0.2, -0.15) is 0 Å². The SMILES string of the molecule is COCCNC(=O)CSc1nc2ccccc2c(=O)n1CCCCCCC(C)C. The molecule has 6 nitrogen and oxygen atoms in total. The van der Waals surface area contributed by atoms with Crippen molar-refractivity contribution in [2.24, 2.45) is 5.92 Å². The zero-order valence-electron chi connectivity index (χ0n) is 17.8. The molecule has 1 amide bonds. The highest BCUT2D eigenvalue weighted by atomic mass is 32.2. The van der Waals surface area contributed by atoms with Crippen molar-refractivity contribution < 1.29 is 9.53 Å². The van der Waals surface area contributed by atoms with Crippen molar-refractivity contribution in [2.75, 3.05) is 26.0 Å². The number of hydrogen-bond donors (Lipinski definition) is 1. The summed E-state index contributed by atoms with van der Waals surface area (Å²) in [7, 11) is 1.60. The Morgan fingerprint density at radius 2 is 1.97 bits per heavy atom. The van der Waals surface area contributed by atoms with E-state index in [0.717, 1.165) is 18.8 Å². The van der Waals surface area contributed by atoms with Crippen LogP contribution in [-0.4, -0.2) is 41.5 Å². The van der Waals surface area contributed by atoms with Crippen LogP contribution in [0.3, 0.4) is 0 Å². The Labute approximate surface area is 177 Å². The van der Waals surface area contributed by atoms with Crippen LogP contribution in [0.4, 0.5) is 0 Å². The van der Waals surface area contributed by atoms with E-state index in [1.165, 1.54) is 31.0 Å². The Hall–Kier alpha value is -1.86. The monoisotopic (exact) mass is 419 g/mol. The van der Waals surface area contributed by atoms with Crippen LogP contribution in [0.25, 0.3) is 10.9 Å². The summed E-state index contributed by atoms with van der Waals surface area (Å²) in [6.07, 6.45) is 5.68. The van der Waals surface area contributed by atoms with Crippen molar-refractivity contribution in [3.8, 4) is 0 Å². The minimum Gasteiger partial charge on any atom is -0.383 e. The molecular weight excluding hydrogens is 386 g/mol. The summed E-state index contributed by atoms with van der Waals surface area (Å²) < 4.78 is 6.68. The van der Waals surface area contributed by atoms with Crippen molar-refractivity contribution in [3.05, 3.63) is 34.6 Å². The molecule has 2 rings (SSSR count). The van der Waals surface area contributed by atoms with Crippen LogP contribution >= 0.6 is 11.8 Å². The topological polar surface area (TPSA) is 73.2 Å². The summed E-state index contributed by atoms with van der Waals surface area (Å²) in [6.45, 7) is 6.08. The molecule has 0 fully saturated rings. The molecule has 0 bridgehead atoms. The van der Waals surface area contributed by atoms with E-state index < -0.39 is 0 Å². The van der Waals surface area contributed by atoms with Crippen molar-refractivity contribution in [2.45, 2.75) is 57.7 Å². The van der Waals surface area contributed by atoms with E-state index in [2.05, 4.69) is 24.1 Å². The van der Waals surface area contributed by atoms with E-state index in [-0.39, 0.29) is 17.2 Å². The summed E-state index contributed by atoms with van der Waals surface area (Å²) in [4.78, 5) is 29.7. The Bertz CT molecular complexity index is 836. The van der Waals surface area contributed by atoms with Gasteiger partial charge in [-0.1, -0.05) is 63.4 Å². The van der Waals surface area contributed by atoms with Gasteiger partial charge in [0.15, 0.2) is 5.16 Å². The van der Waals surface area contributed by atoms with E-state index in [1.807, 2.05) is 24.3 Å². The number of amides is 1. The molecule has 1 aromatic carbocycles. The van der Waals surface area contributed by atoms with Crippen LogP contribution in [0, 0.1) is 5.92 Å². The average Bonchev–Trinajstić information content (AvgIpc) is 2.70. The lowest BCUT2D eigenvalue weighted by molar-refractivity contribution is -0.118. The maximum atomic E-state index is 13.0. The number of para-hydroxylation sites is 1. The maximum Gasteiger partial charge on any atom is 0.262 e. The van der Waals surface area contributed by atoms with Crippen molar-refractivity contribution in [3.63, 3.8) is 0 Å². The number of fused-ring (bicyclic) bond motifs is 1. The molecule has 7 heteroatoms. The molecule has 1 heterocycles. The lowest BCUT2D eigenvalue weighted by Crippen LogP contribution is -2.29. The van der Waals surface area contributed by atoms with Gasteiger partial charge < -0.3 is 10.1 Å². The second-order valence-electron chi connectivity index (χ2n) is 7.60. The fraction of sp³-hybridized carbons (Fsp3) is 0.591. The molecule has 29 heavy (non-hydrogen) atoms. The van der Waals surface area contributed by atoms with Gasteiger partial charge in [-0.25, -0.2) is 4.98 Å². The van der Waals surface area contributed by atoms with E-state index in [1.54, 1.807) is 11.7 Å². The van der Waals surface area contributed by atoms with Gasteiger partial charge >= 0.3 is 0 Å². The van der Waals surface area contributed by atoms with Crippen LogP contribution in [-0.2, 0) is 16.1 Å². The van der Waals surface area contributed by atoms with Gasteiger partial charge in [-0.05, 0) is 24.5 Å². The first-order chi connectivity index (χ1) is 14.0. The fourth-order valence-electron chi connectivity index (χ4n) is 3.10. The number of carbonyl (C=O) groups is 1. The van der Waals surface area contributed by atoms with Crippen LogP contribution in [0.15, 0.2) is 34.2 Å². The van der Waals surface area contributed by atoms with Gasteiger partial charge in [0.1, 0.15) is 0 Å². The number of nitrogens with one attached hydrogen (secondary N) is 1. The molecule has 0 aliphatic carbocycles. The fourth-order valence-corrected chi connectivity index (χ4v) is 3.96. The molecule has 2 aromatic rings. The van der Waals surface area contributed by atoms with Crippen molar-refractivity contribution in [1.29, 1.82) is 0 Å². The molecule has 0 spiro atoms. The average molecular weight is 420 g/mol. The third-order valence-electron chi connectivity index (χ3n) is 4.70. The zero-order chi connectivity index (χ0) is 21.1. The van der Waals surface area contributed by atoms with Crippen LogP contribution in [0.5, 0.6) is 0 Å². The van der Waals surface area contributed by atoms with E-state index >= 15 is 0 Å². The van der Waals surface area contributed by atoms with Gasteiger partial charge in [-0.3, -0.25) is 14.2 Å². The summed E-state index contributed by atoms with van der Waals surface area (Å²) in [5.41, 5.74) is 0.646. The molecule has 0 atom stereocenters. The number of hydrogen-bond acceptors (Lipinski definition) is 5. The molecule has 0 unspecified atom stereocenters. The largest absolute Gasteiger partial charge is 0.383 e. The molecule has 0 saturated heterocycles. The second kappa shape index (κ2) is 12.6. The number of rotatable bonds is 13. The summed E-state index contributed by atoms with van der Waals surface area (Å²) in [5.74, 6) is 0.873. The molecule has 1 N–H and O–H groups in total. The number of nitrogens with zero attached hydrogens (tertiary/aromatic N) is 2. The normalized spacial score (nSPS) is 11.3.